The lowest BCUT2D eigenvalue weighted by molar-refractivity contribution is -0.125. The first-order chi connectivity index (χ1) is 18.4. The predicted octanol–water partition coefficient (Wildman–Crippen LogP) is -0.211. The van der Waals surface area contributed by atoms with Crippen molar-refractivity contribution in [1.29, 1.82) is 0 Å². The molecule has 0 radical (unpaired) electrons. The van der Waals surface area contributed by atoms with Gasteiger partial charge in [0, 0.05) is 27.1 Å². The lowest BCUT2D eigenvalue weighted by Crippen LogP contribution is -2.47. The molecule has 0 aliphatic carbocycles. The van der Waals surface area contributed by atoms with Crippen LogP contribution in [0.4, 0.5) is 5.69 Å². The molecule has 1 rings (SSSR count). The first-order valence-electron chi connectivity index (χ1n) is 12.1. The Morgan fingerprint density at radius 3 is 2.24 bits per heavy atom. The van der Waals surface area contributed by atoms with Gasteiger partial charge in [-0.05, 0) is 18.6 Å². The Kier molecular flexibility index (Phi) is 16.5. The maximum Gasteiger partial charge on any atom is 0.255 e. The number of nitrogens with one attached hydrogen (secondary N) is 3. The maximum absolute atomic E-state index is 13.1. The van der Waals surface area contributed by atoms with Crippen LogP contribution in [-0.2, 0) is 33.4 Å². The quantitative estimate of drug-likeness (QED) is 0.142. The van der Waals surface area contributed by atoms with Crippen LogP contribution >= 0.6 is 0 Å². The smallest absolute Gasteiger partial charge is 0.255 e. The summed E-state index contributed by atoms with van der Waals surface area (Å²) >= 11 is 0. The topological polar surface area (TPSA) is 169 Å². The van der Waals surface area contributed by atoms with Crippen molar-refractivity contribution < 1.29 is 43.0 Å². The molecule has 0 heterocycles. The Morgan fingerprint density at radius 2 is 1.63 bits per heavy atom. The molecule has 38 heavy (non-hydrogen) atoms. The summed E-state index contributed by atoms with van der Waals surface area (Å²) in [5.41, 5.74) is 0.139. The van der Waals surface area contributed by atoms with Crippen molar-refractivity contribution >= 4 is 42.4 Å². The zero-order valence-corrected chi connectivity index (χ0v) is 21.7. The molecule has 0 aromatic heterocycles. The molecule has 0 bridgehead atoms. The molecule has 1 aromatic carbocycles. The molecule has 1 aromatic rings. The Balaban J connectivity index is 2.56. The molecule has 210 valence electrons. The highest BCUT2D eigenvalue weighted by atomic mass is 16.5. The molecule has 13 heteroatoms. The minimum absolute atomic E-state index is 0.00760. The summed E-state index contributed by atoms with van der Waals surface area (Å²) in [4.78, 5) is 71.6. The summed E-state index contributed by atoms with van der Waals surface area (Å²) in [6.07, 6.45) is 1.93. The summed E-state index contributed by atoms with van der Waals surface area (Å²) in [5.74, 6) is -1.46. The highest BCUT2D eigenvalue weighted by Gasteiger charge is 2.28. The number of hydrogen-bond donors (Lipinski definition) is 3. The van der Waals surface area contributed by atoms with E-state index in [1.165, 1.54) is 37.2 Å². The van der Waals surface area contributed by atoms with E-state index in [0.717, 1.165) is 0 Å². The van der Waals surface area contributed by atoms with E-state index in [4.69, 9.17) is 14.2 Å². The minimum Gasteiger partial charge on any atom is -0.379 e. The molecule has 0 spiro atoms. The van der Waals surface area contributed by atoms with Crippen molar-refractivity contribution in [3.8, 4) is 0 Å². The molecule has 13 nitrogen and oxygen atoms in total. The number of ether oxygens (including phenoxy) is 3. The Labute approximate surface area is 221 Å². The summed E-state index contributed by atoms with van der Waals surface area (Å²) in [6.45, 7) is 2.27. The first-order valence-corrected chi connectivity index (χ1v) is 12.1. The highest BCUT2D eigenvalue weighted by Crippen LogP contribution is 2.21. The number of rotatable bonds is 21. The van der Waals surface area contributed by atoms with Crippen molar-refractivity contribution in [2.24, 2.45) is 0 Å². The van der Waals surface area contributed by atoms with Crippen LogP contribution in [0.1, 0.15) is 40.0 Å². The highest BCUT2D eigenvalue weighted by molar-refractivity contribution is 6.07. The summed E-state index contributed by atoms with van der Waals surface area (Å²) < 4.78 is 15.9. The van der Waals surface area contributed by atoms with Crippen LogP contribution in [0.5, 0.6) is 0 Å². The van der Waals surface area contributed by atoms with Crippen molar-refractivity contribution in [2.45, 2.75) is 25.3 Å². The molecule has 4 amide bonds. The Morgan fingerprint density at radius 1 is 0.974 bits per heavy atom. The van der Waals surface area contributed by atoms with Crippen molar-refractivity contribution in [3.05, 3.63) is 29.3 Å². The number of amides is 4. The van der Waals surface area contributed by atoms with E-state index in [1.807, 2.05) is 0 Å². The van der Waals surface area contributed by atoms with E-state index in [2.05, 4.69) is 16.0 Å². The maximum atomic E-state index is 13.1. The number of anilines is 1. The zero-order valence-electron chi connectivity index (χ0n) is 21.7. The molecule has 3 N–H and O–H groups in total. The van der Waals surface area contributed by atoms with Crippen LogP contribution in [0.15, 0.2) is 18.2 Å². The van der Waals surface area contributed by atoms with Crippen molar-refractivity contribution in [1.82, 2.24) is 15.5 Å². The lowest BCUT2D eigenvalue weighted by Gasteiger charge is -2.27. The second-order valence-electron chi connectivity index (χ2n) is 7.88. The van der Waals surface area contributed by atoms with E-state index in [9.17, 15) is 28.8 Å². The number of benzene rings is 1. The summed E-state index contributed by atoms with van der Waals surface area (Å²) in [5, 5.41) is 7.55. The molecule has 0 saturated heterocycles. The summed E-state index contributed by atoms with van der Waals surface area (Å²) in [6, 6.07) is 3.53. The predicted molar refractivity (Wildman–Crippen MR) is 137 cm³/mol. The average molecular weight is 537 g/mol. The number of nitrogens with zero attached hydrogens (tertiary/aromatic N) is 1. The van der Waals surface area contributed by atoms with Gasteiger partial charge in [0.1, 0.15) is 12.3 Å². The molecule has 1 unspecified atom stereocenters. The van der Waals surface area contributed by atoms with Gasteiger partial charge in [0.15, 0.2) is 6.29 Å². The monoisotopic (exact) mass is 536 g/mol. The van der Waals surface area contributed by atoms with Gasteiger partial charge in [0.25, 0.3) is 5.91 Å². The number of hydrogen-bond acceptors (Lipinski definition) is 9. The van der Waals surface area contributed by atoms with Gasteiger partial charge < -0.3 is 39.9 Å². The molecular weight excluding hydrogens is 500 g/mol. The van der Waals surface area contributed by atoms with E-state index in [-0.39, 0.29) is 49.3 Å². The minimum atomic E-state index is -0.908. The summed E-state index contributed by atoms with van der Waals surface area (Å²) in [7, 11) is 2.83. The van der Waals surface area contributed by atoms with Crippen LogP contribution in [0, 0.1) is 0 Å². The van der Waals surface area contributed by atoms with Gasteiger partial charge in [0.05, 0.1) is 62.9 Å². The number of carbonyl (C=O) groups excluding carboxylic acids is 6. The first kappa shape index (κ1) is 32.3. The van der Waals surface area contributed by atoms with Gasteiger partial charge in [-0.3, -0.25) is 24.0 Å². The molecular formula is C25H36N4O9. The van der Waals surface area contributed by atoms with Crippen LogP contribution in [0.2, 0.25) is 0 Å². The average Bonchev–Trinajstić information content (AvgIpc) is 2.92. The third-order valence-corrected chi connectivity index (χ3v) is 5.31. The van der Waals surface area contributed by atoms with Crippen LogP contribution < -0.4 is 16.0 Å². The van der Waals surface area contributed by atoms with Crippen LogP contribution in [0.25, 0.3) is 0 Å². The number of carbonyl (C=O) groups is 6. The van der Waals surface area contributed by atoms with E-state index in [1.54, 1.807) is 0 Å². The molecule has 0 fully saturated rings. The fraction of sp³-hybridized carbons (Fsp3) is 0.520. The molecule has 1 atom stereocenters. The largest absolute Gasteiger partial charge is 0.379 e. The number of aldehydes is 2. The lowest BCUT2D eigenvalue weighted by atomic mass is 10.0. The van der Waals surface area contributed by atoms with Crippen LogP contribution in [0.3, 0.4) is 0 Å². The third kappa shape index (κ3) is 11.6. The zero-order chi connectivity index (χ0) is 28.2. The third-order valence-electron chi connectivity index (χ3n) is 5.31. The van der Waals surface area contributed by atoms with Crippen molar-refractivity contribution in [2.75, 3.05) is 65.6 Å². The van der Waals surface area contributed by atoms with Gasteiger partial charge >= 0.3 is 0 Å². The second kappa shape index (κ2) is 19.4. The molecule has 0 saturated carbocycles. The van der Waals surface area contributed by atoms with Gasteiger partial charge in [-0.15, -0.1) is 0 Å². The van der Waals surface area contributed by atoms with E-state index in [0.29, 0.717) is 52.0 Å². The standard InChI is InChI=1S/C25H36N4O9/c1-26-24(34)22(7-4-10-30)29(2)25(35)19-5-3-6-21(20(19)17-31)28-23(33)8-11-36-13-15-38-16-14-37-12-9-27-18-32/h3,5-6,10,17-18,22H,4,7-9,11-16H2,1-2H3,(H,26,34)(H,27,32)(H,28,33). The second-order valence-corrected chi connectivity index (χ2v) is 7.88. The van der Waals surface area contributed by atoms with E-state index >= 15 is 0 Å². The number of likely N-dealkylation sites (N-methyl/N-ethyl adjacent to an activating group) is 2. The normalized spacial score (nSPS) is 11.2. The SMILES string of the molecule is CNC(=O)C(CCC=O)N(C)C(=O)c1cccc(NC(=O)CCOCCOCCOCCNC=O)c1C=O. The van der Waals surface area contributed by atoms with Gasteiger partial charge in [-0.2, -0.15) is 0 Å². The molecule has 0 aliphatic rings. The van der Waals surface area contributed by atoms with Gasteiger partial charge in [-0.1, -0.05) is 6.07 Å². The van der Waals surface area contributed by atoms with Crippen LogP contribution in [-0.4, -0.2) is 108 Å². The van der Waals surface area contributed by atoms with Crippen molar-refractivity contribution in [3.63, 3.8) is 0 Å². The Bertz CT molecular complexity index is 926. The Hall–Kier alpha value is -3.68. The fourth-order valence-corrected chi connectivity index (χ4v) is 3.32. The van der Waals surface area contributed by atoms with Gasteiger partial charge in [0.2, 0.25) is 18.2 Å². The van der Waals surface area contributed by atoms with Gasteiger partial charge in [-0.25, -0.2) is 0 Å². The molecule has 0 aliphatic heterocycles. The van der Waals surface area contributed by atoms with E-state index < -0.39 is 23.8 Å². The fourth-order valence-electron chi connectivity index (χ4n) is 3.32.